The molecular weight excluding hydrogens is 567 g/mol. The number of rotatable bonds is 6. The van der Waals surface area contributed by atoms with E-state index < -0.39 is 0 Å². The second-order valence-electron chi connectivity index (χ2n) is 13.6. The third kappa shape index (κ3) is 4.84. The van der Waals surface area contributed by atoms with Gasteiger partial charge in [0.1, 0.15) is 0 Å². The van der Waals surface area contributed by atoms with Crippen LogP contribution in [0.2, 0.25) is 0 Å². The highest BCUT2D eigenvalue weighted by Gasteiger charge is 2.35. The van der Waals surface area contributed by atoms with Crippen LogP contribution in [0.15, 0.2) is 127 Å². The number of anilines is 3. The number of benzene rings is 6. The Hall–Kier alpha value is -5.14. The molecule has 2 aliphatic rings. The summed E-state index contributed by atoms with van der Waals surface area (Å²) in [5.41, 5.74) is 17.0. The molecule has 0 heterocycles. The first-order chi connectivity index (χ1) is 23.0. The molecule has 6 aromatic carbocycles. The van der Waals surface area contributed by atoms with Gasteiger partial charge >= 0.3 is 0 Å². The standard InChI is InChI=1S/C46H41N/c1-5-6-16-38-31(2)37-17-10-11-18-39(37)40-27-25-35(29-43(38)40)47(34-23-21-33(22-24-34)32-14-8-7-9-15-32)36-26-28-42-41-19-12-13-20-44(41)46(3,4)45(42)30-36/h6-9,11-16,18-30H,5,10,17H2,1-4H3/b16-6-. The monoisotopic (exact) mass is 607 g/mol. The minimum atomic E-state index is -0.0746. The van der Waals surface area contributed by atoms with Crippen molar-refractivity contribution in [1.82, 2.24) is 0 Å². The molecule has 0 saturated carbocycles. The first kappa shape index (κ1) is 29.3. The molecule has 2 aliphatic carbocycles. The number of nitrogens with zero attached hydrogens (tertiary/aromatic N) is 1. The normalized spacial score (nSPS) is 14.3. The van der Waals surface area contributed by atoms with Gasteiger partial charge in [-0.25, -0.2) is 0 Å². The molecular formula is C46H41N. The Morgan fingerprint density at radius 3 is 2.17 bits per heavy atom. The Morgan fingerprint density at radius 1 is 0.681 bits per heavy atom. The van der Waals surface area contributed by atoms with Gasteiger partial charge in [0, 0.05) is 22.5 Å². The lowest BCUT2D eigenvalue weighted by Gasteiger charge is -2.29. The lowest BCUT2D eigenvalue weighted by atomic mass is 9.82. The summed E-state index contributed by atoms with van der Waals surface area (Å²) in [4.78, 5) is 2.45. The predicted octanol–water partition coefficient (Wildman–Crippen LogP) is 13.0. The molecule has 6 aromatic rings. The molecule has 1 nitrogen and oxygen atoms in total. The summed E-state index contributed by atoms with van der Waals surface area (Å²) in [5.74, 6) is 0. The SMILES string of the molecule is CC/C=C\c1c(C)c2c(c3ccc(N(c4ccc(-c5ccccc5)cc4)c4ccc5c(c4)C(C)(C)c4ccccc4-5)cc13)C=CCC2. The quantitative estimate of drug-likeness (QED) is 0.182. The van der Waals surface area contributed by atoms with Gasteiger partial charge in [-0.3, -0.25) is 0 Å². The summed E-state index contributed by atoms with van der Waals surface area (Å²) in [6.45, 7) is 9.26. The van der Waals surface area contributed by atoms with Crippen LogP contribution in [0.4, 0.5) is 17.1 Å². The van der Waals surface area contributed by atoms with Gasteiger partial charge in [0.25, 0.3) is 0 Å². The first-order valence-electron chi connectivity index (χ1n) is 17.1. The van der Waals surface area contributed by atoms with Crippen molar-refractivity contribution in [1.29, 1.82) is 0 Å². The van der Waals surface area contributed by atoms with Crippen LogP contribution in [0, 0.1) is 6.92 Å². The zero-order valence-electron chi connectivity index (χ0n) is 27.8. The van der Waals surface area contributed by atoms with Crippen LogP contribution in [0.5, 0.6) is 0 Å². The van der Waals surface area contributed by atoms with E-state index in [1.54, 1.807) is 0 Å². The molecule has 0 amide bonds. The molecule has 0 radical (unpaired) electrons. The van der Waals surface area contributed by atoms with E-state index in [2.05, 4.69) is 172 Å². The molecule has 0 unspecified atom stereocenters. The molecule has 47 heavy (non-hydrogen) atoms. The average molecular weight is 608 g/mol. The van der Waals surface area contributed by atoms with Gasteiger partial charge in [0.15, 0.2) is 0 Å². The highest BCUT2D eigenvalue weighted by molar-refractivity contribution is 6.02. The maximum Gasteiger partial charge on any atom is 0.0468 e. The summed E-state index contributed by atoms with van der Waals surface area (Å²) in [7, 11) is 0. The average Bonchev–Trinajstić information content (AvgIpc) is 3.35. The fourth-order valence-corrected chi connectivity index (χ4v) is 7.96. The lowest BCUT2D eigenvalue weighted by Crippen LogP contribution is -2.16. The van der Waals surface area contributed by atoms with E-state index in [1.807, 2.05) is 0 Å². The van der Waals surface area contributed by atoms with E-state index in [0.29, 0.717) is 0 Å². The van der Waals surface area contributed by atoms with Crippen molar-refractivity contribution in [2.45, 2.75) is 52.4 Å². The topological polar surface area (TPSA) is 3.24 Å². The molecule has 0 saturated heterocycles. The second-order valence-corrected chi connectivity index (χ2v) is 13.6. The van der Waals surface area contributed by atoms with Crippen molar-refractivity contribution in [3.05, 3.63) is 161 Å². The number of fused-ring (bicyclic) bond motifs is 6. The van der Waals surface area contributed by atoms with Gasteiger partial charge < -0.3 is 4.90 Å². The van der Waals surface area contributed by atoms with Crippen LogP contribution in [0.25, 0.3) is 45.2 Å². The van der Waals surface area contributed by atoms with Crippen molar-refractivity contribution in [3.63, 3.8) is 0 Å². The Kier molecular flexibility index (Phi) is 7.22. The largest absolute Gasteiger partial charge is 0.310 e. The summed E-state index contributed by atoms with van der Waals surface area (Å²) >= 11 is 0. The summed E-state index contributed by atoms with van der Waals surface area (Å²) in [5, 5.41) is 2.65. The van der Waals surface area contributed by atoms with E-state index in [-0.39, 0.29) is 5.41 Å². The molecule has 0 N–H and O–H groups in total. The molecule has 230 valence electrons. The van der Waals surface area contributed by atoms with Crippen LogP contribution < -0.4 is 4.90 Å². The van der Waals surface area contributed by atoms with Crippen molar-refractivity contribution < 1.29 is 0 Å². The fraction of sp³-hybridized carbons (Fsp3) is 0.174. The van der Waals surface area contributed by atoms with Crippen molar-refractivity contribution in [3.8, 4) is 22.3 Å². The van der Waals surface area contributed by atoms with Gasteiger partial charge in [-0.1, -0.05) is 124 Å². The zero-order valence-corrected chi connectivity index (χ0v) is 27.8. The Morgan fingerprint density at radius 2 is 1.36 bits per heavy atom. The molecule has 0 aliphatic heterocycles. The van der Waals surface area contributed by atoms with E-state index in [0.717, 1.165) is 24.9 Å². The molecule has 0 atom stereocenters. The molecule has 0 aromatic heterocycles. The van der Waals surface area contributed by atoms with E-state index in [4.69, 9.17) is 0 Å². The van der Waals surface area contributed by atoms with Crippen molar-refractivity contribution in [2.75, 3.05) is 4.90 Å². The van der Waals surface area contributed by atoms with Crippen LogP contribution >= 0.6 is 0 Å². The molecule has 0 spiro atoms. The Bertz CT molecular complexity index is 2200. The number of hydrogen-bond donors (Lipinski definition) is 0. The van der Waals surface area contributed by atoms with E-state index in [9.17, 15) is 0 Å². The lowest BCUT2D eigenvalue weighted by molar-refractivity contribution is 0.660. The summed E-state index contributed by atoms with van der Waals surface area (Å²) < 4.78 is 0. The Balaban J connectivity index is 1.34. The van der Waals surface area contributed by atoms with Crippen LogP contribution in [-0.4, -0.2) is 0 Å². The van der Waals surface area contributed by atoms with Crippen LogP contribution in [-0.2, 0) is 11.8 Å². The van der Waals surface area contributed by atoms with Crippen molar-refractivity contribution in [2.24, 2.45) is 0 Å². The van der Waals surface area contributed by atoms with Gasteiger partial charge in [-0.15, -0.1) is 0 Å². The molecule has 1 heteroatoms. The summed E-state index contributed by atoms with van der Waals surface area (Å²) in [6.07, 6.45) is 12.6. The zero-order chi connectivity index (χ0) is 32.1. The minimum absolute atomic E-state index is 0.0746. The molecule has 0 bridgehead atoms. The minimum Gasteiger partial charge on any atom is -0.310 e. The number of allylic oxidation sites excluding steroid dienone is 2. The highest BCUT2D eigenvalue weighted by atomic mass is 15.1. The smallest absolute Gasteiger partial charge is 0.0468 e. The predicted molar refractivity (Wildman–Crippen MR) is 203 cm³/mol. The first-order valence-corrected chi connectivity index (χ1v) is 17.1. The summed E-state index contributed by atoms with van der Waals surface area (Å²) in [6, 6.07) is 42.8. The van der Waals surface area contributed by atoms with Gasteiger partial charge in [-0.2, -0.15) is 0 Å². The van der Waals surface area contributed by atoms with Crippen LogP contribution in [0.3, 0.4) is 0 Å². The fourth-order valence-electron chi connectivity index (χ4n) is 7.96. The maximum atomic E-state index is 2.45. The molecule has 0 fully saturated rings. The number of hydrogen-bond acceptors (Lipinski definition) is 1. The van der Waals surface area contributed by atoms with Crippen LogP contribution in [0.1, 0.15) is 67.0 Å². The van der Waals surface area contributed by atoms with Gasteiger partial charge in [-0.05, 0) is 129 Å². The Labute approximate surface area is 279 Å². The third-order valence-electron chi connectivity index (χ3n) is 10.4. The second kappa shape index (κ2) is 11.6. The molecule has 8 rings (SSSR count). The highest BCUT2D eigenvalue weighted by Crippen LogP contribution is 2.51. The van der Waals surface area contributed by atoms with Crippen molar-refractivity contribution >= 4 is 40.0 Å². The third-order valence-corrected chi connectivity index (χ3v) is 10.4. The maximum absolute atomic E-state index is 2.45. The van der Waals surface area contributed by atoms with Gasteiger partial charge in [0.2, 0.25) is 0 Å². The van der Waals surface area contributed by atoms with E-state index in [1.165, 1.54) is 77.8 Å². The van der Waals surface area contributed by atoms with Gasteiger partial charge in [0.05, 0.1) is 0 Å². The van der Waals surface area contributed by atoms with E-state index >= 15 is 0 Å².